The fourth-order valence-corrected chi connectivity index (χ4v) is 4.61. The molecule has 0 aliphatic carbocycles. The average Bonchev–Trinajstić information content (AvgIpc) is 3.21. The van der Waals surface area contributed by atoms with Crippen molar-refractivity contribution in [1.29, 1.82) is 0 Å². The molecule has 35 heavy (non-hydrogen) atoms. The normalized spacial score (nSPS) is 11.0. The summed E-state index contributed by atoms with van der Waals surface area (Å²) in [6.07, 6.45) is 3.52. The standard InChI is InChI=1S/C27H23ClN2O4S/c1-2-3-15-33-20-13-11-19(12-14-20)26(31)30-29-17-18-7-6-8-21(16-18)34-27(32)25-24(28)22-9-4-5-10-23(22)35-25/h4-14,16-17H,2-3,15H2,1H3,(H,30,31)/b29-17-. The monoisotopic (exact) mass is 506 g/mol. The summed E-state index contributed by atoms with van der Waals surface area (Å²) in [7, 11) is 0. The van der Waals surface area contributed by atoms with Crippen molar-refractivity contribution in [3.8, 4) is 11.5 Å². The van der Waals surface area contributed by atoms with E-state index in [9.17, 15) is 9.59 Å². The molecule has 0 aliphatic rings. The fraction of sp³-hybridized carbons (Fsp3) is 0.148. The lowest BCUT2D eigenvalue weighted by molar-refractivity contribution is 0.0740. The quantitative estimate of drug-likeness (QED) is 0.0898. The Kier molecular flexibility index (Phi) is 8.13. The zero-order valence-electron chi connectivity index (χ0n) is 19.0. The Hall–Kier alpha value is -3.68. The first-order chi connectivity index (χ1) is 17.0. The Morgan fingerprint density at radius 1 is 1.03 bits per heavy atom. The highest BCUT2D eigenvalue weighted by Crippen LogP contribution is 2.35. The topological polar surface area (TPSA) is 77.0 Å². The smallest absolute Gasteiger partial charge is 0.355 e. The van der Waals surface area contributed by atoms with Crippen LogP contribution < -0.4 is 14.9 Å². The van der Waals surface area contributed by atoms with E-state index in [0.29, 0.717) is 33.4 Å². The van der Waals surface area contributed by atoms with Gasteiger partial charge in [0.05, 0.1) is 17.8 Å². The first-order valence-electron chi connectivity index (χ1n) is 11.1. The minimum Gasteiger partial charge on any atom is -0.494 e. The van der Waals surface area contributed by atoms with E-state index in [0.717, 1.165) is 28.7 Å². The molecule has 178 valence electrons. The number of nitrogens with one attached hydrogen (secondary N) is 1. The molecule has 1 amide bonds. The summed E-state index contributed by atoms with van der Waals surface area (Å²) in [5.74, 6) is 0.198. The summed E-state index contributed by atoms with van der Waals surface area (Å²) in [6.45, 7) is 2.75. The van der Waals surface area contributed by atoms with Crippen LogP contribution in [-0.4, -0.2) is 24.7 Å². The van der Waals surface area contributed by atoms with Crippen LogP contribution in [-0.2, 0) is 0 Å². The van der Waals surface area contributed by atoms with Crippen LogP contribution >= 0.6 is 22.9 Å². The van der Waals surface area contributed by atoms with E-state index in [4.69, 9.17) is 21.1 Å². The fourth-order valence-electron chi connectivity index (χ4n) is 3.22. The van der Waals surface area contributed by atoms with E-state index in [1.807, 2.05) is 24.3 Å². The van der Waals surface area contributed by atoms with Gasteiger partial charge in [0.25, 0.3) is 5.91 Å². The Balaban J connectivity index is 1.35. The van der Waals surface area contributed by atoms with Crippen LogP contribution in [0.25, 0.3) is 10.1 Å². The molecular formula is C27H23ClN2O4S. The minimum absolute atomic E-state index is 0.344. The molecule has 1 aromatic heterocycles. The maximum absolute atomic E-state index is 12.7. The van der Waals surface area contributed by atoms with E-state index < -0.39 is 5.97 Å². The van der Waals surface area contributed by atoms with Gasteiger partial charge in [0, 0.05) is 15.6 Å². The highest BCUT2D eigenvalue weighted by molar-refractivity contribution is 7.21. The first kappa shape index (κ1) is 24.4. The molecule has 0 radical (unpaired) electrons. The van der Waals surface area contributed by atoms with E-state index in [2.05, 4.69) is 17.5 Å². The van der Waals surface area contributed by atoms with Crippen LogP contribution in [0, 0.1) is 0 Å². The Morgan fingerprint density at radius 3 is 2.60 bits per heavy atom. The lowest BCUT2D eigenvalue weighted by atomic mass is 10.2. The van der Waals surface area contributed by atoms with Gasteiger partial charge in [0.1, 0.15) is 16.4 Å². The lowest BCUT2D eigenvalue weighted by Gasteiger charge is -2.06. The second-order valence-electron chi connectivity index (χ2n) is 7.63. The van der Waals surface area contributed by atoms with Crippen molar-refractivity contribution >= 4 is 51.1 Å². The van der Waals surface area contributed by atoms with Crippen molar-refractivity contribution in [2.24, 2.45) is 5.10 Å². The molecule has 4 aromatic rings. The van der Waals surface area contributed by atoms with Crippen molar-refractivity contribution in [3.05, 3.63) is 93.8 Å². The number of carbonyl (C=O) groups excluding carboxylic acids is 2. The number of esters is 1. The maximum Gasteiger partial charge on any atom is 0.355 e. The predicted molar refractivity (Wildman–Crippen MR) is 140 cm³/mol. The van der Waals surface area contributed by atoms with Crippen LogP contribution in [0.5, 0.6) is 11.5 Å². The molecule has 8 heteroatoms. The van der Waals surface area contributed by atoms with Gasteiger partial charge < -0.3 is 9.47 Å². The molecule has 0 saturated heterocycles. The summed E-state index contributed by atoms with van der Waals surface area (Å²) in [5, 5.41) is 5.21. The Bertz CT molecular complexity index is 1370. The lowest BCUT2D eigenvalue weighted by Crippen LogP contribution is -2.17. The number of benzene rings is 3. The zero-order valence-corrected chi connectivity index (χ0v) is 20.6. The highest BCUT2D eigenvalue weighted by Gasteiger charge is 2.19. The van der Waals surface area contributed by atoms with E-state index in [1.165, 1.54) is 17.6 Å². The second kappa shape index (κ2) is 11.6. The molecule has 0 unspecified atom stereocenters. The number of nitrogens with zero attached hydrogens (tertiary/aromatic N) is 1. The third-order valence-electron chi connectivity index (χ3n) is 5.05. The summed E-state index contributed by atoms with van der Waals surface area (Å²) in [4.78, 5) is 25.4. The first-order valence-corrected chi connectivity index (χ1v) is 12.3. The van der Waals surface area contributed by atoms with Gasteiger partial charge in [0.2, 0.25) is 0 Å². The van der Waals surface area contributed by atoms with Crippen LogP contribution in [0.4, 0.5) is 0 Å². The molecule has 0 atom stereocenters. The van der Waals surface area contributed by atoms with Gasteiger partial charge >= 0.3 is 5.97 Å². The number of halogens is 1. The van der Waals surface area contributed by atoms with Gasteiger partial charge in [-0.25, -0.2) is 10.2 Å². The SMILES string of the molecule is CCCCOc1ccc(C(=O)N/N=C\c2cccc(OC(=O)c3sc4ccccc4c3Cl)c2)cc1. The van der Waals surface area contributed by atoms with E-state index >= 15 is 0 Å². The molecular weight excluding hydrogens is 484 g/mol. The largest absolute Gasteiger partial charge is 0.494 e. The molecule has 0 aliphatic heterocycles. The van der Waals surface area contributed by atoms with E-state index in [-0.39, 0.29) is 5.91 Å². The van der Waals surface area contributed by atoms with E-state index in [1.54, 1.807) is 48.5 Å². The number of unbranched alkanes of at least 4 members (excludes halogenated alkanes) is 1. The number of hydrazone groups is 1. The third-order valence-corrected chi connectivity index (χ3v) is 6.71. The maximum atomic E-state index is 12.7. The number of fused-ring (bicyclic) bond motifs is 1. The highest BCUT2D eigenvalue weighted by atomic mass is 35.5. The third kappa shape index (κ3) is 6.26. The second-order valence-corrected chi connectivity index (χ2v) is 9.06. The number of ether oxygens (including phenoxy) is 2. The molecule has 0 fully saturated rings. The summed E-state index contributed by atoms with van der Waals surface area (Å²) in [5.41, 5.74) is 3.61. The molecule has 1 N–H and O–H groups in total. The number of thiophene rings is 1. The molecule has 0 saturated carbocycles. The Morgan fingerprint density at radius 2 is 1.83 bits per heavy atom. The zero-order chi connectivity index (χ0) is 24.6. The van der Waals surface area contributed by atoms with Crippen LogP contribution in [0.3, 0.4) is 0 Å². The number of hydrogen-bond acceptors (Lipinski definition) is 6. The molecule has 0 spiro atoms. The molecule has 3 aromatic carbocycles. The van der Waals surface area contributed by atoms with Crippen molar-refractivity contribution in [3.63, 3.8) is 0 Å². The number of carbonyl (C=O) groups is 2. The molecule has 0 bridgehead atoms. The van der Waals surface area contributed by atoms with Gasteiger partial charge in [0.15, 0.2) is 0 Å². The van der Waals surface area contributed by atoms with Crippen LogP contribution in [0.2, 0.25) is 5.02 Å². The van der Waals surface area contributed by atoms with Gasteiger partial charge in [-0.3, -0.25) is 4.79 Å². The van der Waals surface area contributed by atoms with Gasteiger partial charge in [-0.05, 0) is 54.4 Å². The summed E-state index contributed by atoms with van der Waals surface area (Å²) < 4.78 is 12.0. The Labute approximate surface area is 212 Å². The summed E-state index contributed by atoms with van der Waals surface area (Å²) >= 11 is 7.66. The number of hydrogen-bond donors (Lipinski definition) is 1. The van der Waals surface area contributed by atoms with Gasteiger partial charge in [-0.1, -0.05) is 55.3 Å². The molecule has 4 rings (SSSR count). The van der Waals surface area contributed by atoms with Crippen molar-refractivity contribution in [2.45, 2.75) is 19.8 Å². The van der Waals surface area contributed by atoms with Crippen molar-refractivity contribution in [1.82, 2.24) is 5.43 Å². The van der Waals surface area contributed by atoms with Crippen LogP contribution in [0.1, 0.15) is 45.4 Å². The molecule has 1 heterocycles. The number of amides is 1. The van der Waals surface area contributed by atoms with Crippen LogP contribution in [0.15, 0.2) is 77.9 Å². The molecule has 6 nitrogen and oxygen atoms in total. The predicted octanol–water partition coefficient (Wildman–Crippen LogP) is 6.72. The average molecular weight is 507 g/mol. The van der Waals surface area contributed by atoms with Gasteiger partial charge in [-0.2, -0.15) is 5.10 Å². The van der Waals surface area contributed by atoms with Crippen molar-refractivity contribution in [2.75, 3.05) is 6.61 Å². The number of rotatable bonds is 9. The van der Waals surface area contributed by atoms with Crippen molar-refractivity contribution < 1.29 is 19.1 Å². The minimum atomic E-state index is -0.527. The van der Waals surface area contributed by atoms with Gasteiger partial charge in [-0.15, -0.1) is 11.3 Å². The summed E-state index contributed by atoms with van der Waals surface area (Å²) in [6, 6.07) is 21.3.